The van der Waals surface area contributed by atoms with Crippen molar-refractivity contribution in [1.82, 2.24) is 19.1 Å². The fourth-order valence-corrected chi connectivity index (χ4v) is 4.34. The van der Waals surface area contributed by atoms with Crippen molar-refractivity contribution in [1.29, 1.82) is 0 Å². The molecular weight excluding hydrogens is 312 g/mol. The van der Waals surface area contributed by atoms with Gasteiger partial charge in [0.05, 0.1) is 18.5 Å². The van der Waals surface area contributed by atoms with E-state index in [-0.39, 0.29) is 6.04 Å². The lowest BCUT2D eigenvalue weighted by Gasteiger charge is -2.26. The molecule has 0 unspecified atom stereocenters. The Kier molecular flexibility index (Phi) is 4.77. The summed E-state index contributed by atoms with van der Waals surface area (Å²) in [4.78, 5) is 4.00. The molecule has 2 aromatic rings. The van der Waals surface area contributed by atoms with Crippen molar-refractivity contribution < 1.29 is 8.42 Å². The van der Waals surface area contributed by atoms with Crippen LogP contribution in [-0.4, -0.2) is 46.3 Å². The van der Waals surface area contributed by atoms with E-state index in [9.17, 15) is 8.42 Å². The molecule has 124 valence electrons. The maximum atomic E-state index is 12.1. The van der Waals surface area contributed by atoms with E-state index in [1.165, 1.54) is 6.26 Å². The second-order valence-corrected chi connectivity index (χ2v) is 7.95. The number of sulfonamides is 1. The molecule has 1 fully saturated rings. The molecule has 0 aliphatic heterocycles. The van der Waals surface area contributed by atoms with E-state index in [1.807, 2.05) is 29.1 Å². The van der Waals surface area contributed by atoms with E-state index in [1.54, 1.807) is 16.7 Å². The summed E-state index contributed by atoms with van der Waals surface area (Å²) in [6.45, 7) is 1.04. The van der Waals surface area contributed by atoms with E-state index in [2.05, 4.69) is 10.1 Å². The SMILES string of the molecule is CS(=O)(=O)N(CCn1ccc(-c2ccncc2)n1)C1CCCC1. The Hall–Kier alpha value is -1.73. The van der Waals surface area contributed by atoms with Gasteiger partial charge in [-0.2, -0.15) is 9.40 Å². The molecule has 2 aromatic heterocycles. The van der Waals surface area contributed by atoms with Crippen LogP contribution in [0.25, 0.3) is 11.3 Å². The number of rotatable bonds is 6. The molecule has 0 N–H and O–H groups in total. The first-order valence-corrected chi connectivity index (χ1v) is 9.79. The summed E-state index contributed by atoms with van der Waals surface area (Å²) in [6, 6.07) is 5.91. The van der Waals surface area contributed by atoms with Crippen molar-refractivity contribution in [2.45, 2.75) is 38.3 Å². The van der Waals surface area contributed by atoms with Crippen molar-refractivity contribution in [3.63, 3.8) is 0 Å². The van der Waals surface area contributed by atoms with Gasteiger partial charge in [-0.15, -0.1) is 0 Å². The van der Waals surface area contributed by atoms with Gasteiger partial charge in [-0.1, -0.05) is 12.8 Å². The predicted molar refractivity (Wildman–Crippen MR) is 89.3 cm³/mol. The lowest BCUT2D eigenvalue weighted by molar-refractivity contribution is 0.308. The third-order valence-electron chi connectivity index (χ3n) is 4.32. The van der Waals surface area contributed by atoms with Crippen LogP contribution >= 0.6 is 0 Å². The Morgan fingerprint density at radius 2 is 1.91 bits per heavy atom. The smallest absolute Gasteiger partial charge is 0.211 e. The van der Waals surface area contributed by atoms with Crippen molar-refractivity contribution in [2.24, 2.45) is 0 Å². The van der Waals surface area contributed by atoms with Gasteiger partial charge in [0, 0.05) is 36.7 Å². The molecule has 1 saturated carbocycles. The molecule has 0 atom stereocenters. The second kappa shape index (κ2) is 6.80. The van der Waals surface area contributed by atoms with Crippen LogP contribution in [0.1, 0.15) is 25.7 Å². The van der Waals surface area contributed by atoms with Gasteiger partial charge in [0.25, 0.3) is 0 Å². The number of aromatic nitrogens is 3. The molecular formula is C16H22N4O2S. The molecule has 0 amide bonds. The van der Waals surface area contributed by atoms with Gasteiger partial charge < -0.3 is 0 Å². The highest BCUT2D eigenvalue weighted by atomic mass is 32.2. The first kappa shape index (κ1) is 16.1. The zero-order valence-corrected chi connectivity index (χ0v) is 14.1. The second-order valence-electron chi connectivity index (χ2n) is 6.01. The lowest BCUT2D eigenvalue weighted by Crippen LogP contribution is -2.40. The monoisotopic (exact) mass is 334 g/mol. The van der Waals surface area contributed by atoms with Crippen LogP contribution in [0.5, 0.6) is 0 Å². The van der Waals surface area contributed by atoms with Gasteiger partial charge in [0.1, 0.15) is 0 Å². The van der Waals surface area contributed by atoms with Crippen LogP contribution in [0.3, 0.4) is 0 Å². The largest absolute Gasteiger partial charge is 0.271 e. The predicted octanol–water partition coefficient (Wildman–Crippen LogP) is 2.15. The summed E-state index contributed by atoms with van der Waals surface area (Å²) in [5.41, 5.74) is 1.88. The van der Waals surface area contributed by atoms with Crippen molar-refractivity contribution >= 4 is 10.0 Å². The van der Waals surface area contributed by atoms with E-state index in [4.69, 9.17) is 0 Å². The number of nitrogens with zero attached hydrogens (tertiary/aromatic N) is 4. The molecule has 0 bridgehead atoms. The number of hydrogen-bond acceptors (Lipinski definition) is 4. The van der Waals surface area contributed by atoms with Gasteiger partial charge in [0.15, 0.2) is 0 Å². The van der Waals surface area contributed by atoms with Gasteiger partial charge in [0.2, 0.25) is 10.0 Å². The minimum atomic E-state index is -3.18. The molecule has 3 rings (SSSR count). The molecule has 0 aromatic carbocycles. The third kappa shape index (κ3) is 3.97. The van der Waals surface area contributed by atoms with E-state index >= 15 is 0 Å². The first-order valence-electron chi connectivity index (χ1n) is 7.95. The van der Waals surface area contributed by atoms with Gasteiger partial charge in [-0.3, -0.25) is 9.67 Å². The average Bonchev–Trinajstić information content (AvgIpc) is 3.19. The Labute approximate surface area is 137 Å². The van der Waals surface area contributed by atoms with E-state index in [0.29, 0.717) is 13.1 Å². The summed E-state index contributed by atoms with van der Waals surface area (Å²) >= 11 is 0. The molecule has 0 saturated heterocycles. The normalized spacial score (nSPS) is 16.3. The van der Waals surface area contributed by atoms with Crippen LogP contribution in [0.4, 0.5) is 0 Å². The first-order chi connectivity index (χ1) is 11.0. The summed E-state index contributed by atoms with van der Waals surface area (Å²) in [6.07, 6.45) is 10.8. The van der Waals surface area contributed by atoms with Crippen molar-refractivity contribution in [2.75, 3.05) is 12.8 Å². The minimum absolute atomic E-state index is 0.153. The highest BCUT2D eigenvalue weighted by molar-refractivity contribution is 7.88. The number of pyridine rings is 1. The Morgan fingerprint density at radius 1 is 1.22 bits per heavy atom. The third-order valence-corrected chi connectivity index (χ3v) is 5.66. The maximum absolute atomic E-state index is 12.1. The lowest BCUT2D eigenvalue weighted by atomic mass is 10.2. The van der Waals surface area contributed by atoms with Crippen LogP contribution in [-0.2, 0) is 16.6 Å². The molecule has 0 radical (unpaired) electrons. The Bertz CT molecular complexity index is 736. The van der Waals surface area contributed by atoms with Crippen LogP contribution in [0, 0.1) is 0 Å². The highest BCUT2D eigenvalue weighted by Crippen LogP contribution is 2.25. The highest BCUT2D eigenvalue weighted by Gasteiger charge is 2.28. The molecule has 6 nitrogen and oxygen atoms in total. The molecule has 1 aliphatic rings. The number of hydrogen-bond donors (Lipinski definition) is 0. The Balaban J connectivity index is 1.68. The molecule has 1 aliphatic carbocycles. The van der Waals surface area contributed by atoms with Gasteiger partial charge >= 0.3 is 0 Å². The van der Waals surface area contributed by atoms with Crippen molar-refractivity contribution in [3.05, 3.63) is 36.8 Å². The van der Waals surface area contributed by atoms with Crippen molar-refractivity contribution in [3.8, 4) is 11.3 Å². The molecule has 2 heterocycles. The van der Waals surface area contributed by atoms with E-state index < -0.39 is 10.0 Å². The summed E-state index contributed by atoms with van der Waals surface area (Å²) in [5.74, 6) is 0. The summed E-state index contributed by atoms with van der Waals surface area (Å²) in [7, 11) is -3.18. The summed E-state index contributed by atoms with van der Waals surface area (Å²) < 4.78 is 27.6. The zero-order chi connectivity index (χ0) is 16.3. The zero-order valence-electron chi connectivity index (χ0n) is 13.3. The standard InChI is InChI=1S/C16H22N4O2S/c1-23(21,22)20(15-4-2-3-5-15)13-12-19-11-8-16(18-19)14-6-9-17-10-7-14/h6-11,15H,2-5,12-13H2,1H3. The average molecular weight is 334 g/mol. The minimum Gasteiger partial charge on any atom is -0.271 e. The van der Waals surface area contributed by atoms with Crippen LogP contribution in [0.2, 0.25) is 0 Å². The topological polar surface area (TPSA) is 68.1 Å². The quantitative estimate of drug-likeness (QED) is 0.812. The van der Waals surface area contributed by atoms with Gasteiger partial charge in [-0.25, -0.2) is 8.42 Å². The van der Waals surface area contributed by atoms with Crippen LogP contribution in [0.15, 0.2) is 36.8 Å². The van der Waals surface area contributed by atoms with E-state index in [0.717, 1.165) is 36.9 Å². The molecule has 23 heavy (non-hydrogen) atoms. The molecule has 7 heteroatoms. The fourth-order valence-electron chi connectivity index (χ4n) is 3.18. The molecule has 0 spiro atoms. The van der Waals surface area contributed by atoms with Gasteiger partial charge in [-0.05, 0) is 31.0 Å². The fraction of sp³-hybridized carbons (Fsp3) is 0.500. The van der Waals surface area contributed by atoms with Crippen LogP contribution < -0.4 is 0 Å². The maximum Gasteiger partial charge on any atom is 0.211 e. The Morgan fingerprint density at radius 3 is 2.57 bits per heavy atom. The summed E-state index contributed by atoms with van der Waals surface area (Å²) in [5, 5.41) is 4.53.